The van der Waals surface area contributed by atoms with E-state index in [1.165, 1.54) is 0 Å². The van der Waals surface area contributed by atoms with E-state index < -0.39 is 6.09 Å². The summed E-state index contributed by atoms with van der Waals surface area (Å²) in [6.45, 7) is 5.14. The fraction of sp³-hybridized carbons (Fsp3) is 0.405. The molecule has 0 aromatic heterocycles. The van der Waals surface area contributed by atoms with Gasteiger partial charge in [-0.05, 0) is 47.4 Å². The minimum absolute atomic E-state index is 0.0220. The second kappa shape index (κ2) is 16.6. The SMILES string of the molecule is Nc1ccccc1NC(=O)c1ccc(CNC(=O)OCc2ccc(C3CC3N(CC(=O)N3CCOCC3)CC(=O)N3CCOCC3)cc2)cc1. The monoisotopic (exact) mass is 684 g/mol. The number of carbonyl (C=O) groups excluding carboxylic acids is 4. The first-order chi connectivity index (χ1) is 24.3. The number of amides is 4. The fourth-order valence-electron chi connectivity index (χ4n) is 6.22. The van der Waals surface area contributed by atoms with Gasteiger partial charge < -0.3 is 40.4 Å². The first-order valence-corrected chi connectivity index (χ1v) is 17.0. The van der Waals surface area contributed by atoms with E-state index in [0.717, 1.165) is 23.1 Å². The number of anilines is 2. The molecule has 6 rings (SSSR count). The van der Waals surface area contributed by atoms with Crippen LogP contribution in [0.4, 0.5) is 16.2 Å². The van der Waals surface area contributed by atoms with Crippen molar-refractivity contribution in [2.45, 2.75) is 31.5 Å². The number of hydrogen-bond donors (Lipinski definition) is 3. The summed E-state index contributed by atoms with van der Waals surface area (Å²) in [5.41, 5.74) is 10.2. The predicted molar refractivity (Wildman–Crippen MR) is 186 cm³/mol. The minimum Gasteiger partial charge on any atom is -0.445 e. The second-order valence-corrected chi connectivity index (χ2v) is 12.7. The highest BCUT2D eigenvalue weighted by molar-refractivity contribution is 6.05. The van der Waals surface area contributed by atoms with Crippen LogP contribution in [0.3, 0.4) is 0 Å². The van der Waals surface area contributed by atoms with Crippen molar-refractivity contribution in [2.75, 3.05) is 76.7 Å². The molecule has 0 radical (unpaired) electrons. The number of nitrogens with zero attached hydrogens (tertiary/aromatic N) is 3. The highest BCUT2D eigenvalue weighted by Gasteiger charge is 2.44. The molecule has 13 nitrogen and oxygen atoms in total. The molecule has 3 aromatic carbocycles. The molecule has 1 saturated carbocycles. The molecule has 0 bridgehead atoms. The molecule has 2 saturated heterocycles. The Bertz CT molecular complexity index is 1610. The Morgan fingerprint density at radius 3 is 1.96 bits per heavy atom. The van der Waals surface area contributed by atoms with E-state index in [0.29, 0.717) is 69.5 Å². The predicted octanol–water partition coefficient (Wildman–Crippen LogP) is 2.82. The van der Waals surface area contributed by atoms with E-state index in [9.17, 15) is 19.2 Å². The molecular formula is C37H44N6O7. The Labute approximate surface area is 291 Å². The van der Waals surface area contributed by atoms with Crippen molar-refractivity contribution in [1.82, 2.24) is 20.0 Å². The Morgan fingerprint density at radius 2 is 1.36 bits per heavy atom. The van der Waals surface area contributed by atoms with Gasteiger partial charge in [0.25, 0.3) is 5.91 Å². The molecule has 4 amide bonds. The zero-order valence-electron chi connectivity index (χ0n) is 28.1. The van der Waals surface area contributed by atoms with E-state index in [4.69, 9.17) is 19.9 Å². The first-order valence-electron chi connectivity index (χ1n) is 17.0. The number of para-hydroxylation sites is 2. The van der Waals surface area contributed by atoms with Crippen LogP contribution in [0.5, 0.6) is 0 Å². The van der Waals surface area contributed by atoms with Crippen LogP contribution < -0.4 is 16.4 Å². The maximum Gasteiger partial charge on any atom is 0.407 e. The lowest BCUT2D eigenvalue weighted by Crippen LogP contribution is -2.50. The average Bonchev–Trinajstić information content (AvgIpc) is 3.96. The van der Waals surface area contributed by atoms with E-state index in [2.05, 4.69) is 10.6 Å². The number of hydrogen-bond acceptors (Lipinski definition) is 9. The van der Waals surface area contributed by atoms with Crippen LogP contribution in [0.15, 0.2) is 72.8 Å². The summed E-state index contributed by atoms with van der Waals surface area (Å²) in [4.78, 5) is 57.0. The van der Waals surface area contributed by atoms with Crippen LogP contribution in [0.2, 0.25) is 0 Å². The zero-order chi connectivity index (χ0) is 34.9. The van der Waals surface area contributed by atoms with Gasteiger partial charge in [0.15, 0.2) is 0 Å². The number of carbonyl (C=O) groups is 4. The molecule has 264 valence electrons. The van der Waals surface area contributed by atoms with E-state index in [-0.39, 0.29) is 55.9 Å². The fourth-order valence-corrected chi connectivity index (χ4v) is 6.22. The number of nitrogen functional groups attached to an aromatic ring is 1. The quantitative estimate of drug-likeness (QED) is 0.244. The third-order valence-corrected chi connectivity index (χ3v) is 9.27. The van der Waals surface area contributed by atoms with Gasteiger partial charge in [-0.15, -0.1) is 0 Å². The van der Waals surface area contributed by atoms with Gasteiger partial charge in [-0.2, -0.15) is 0 Å². The number of rotatable bonds is 12. The van der Waals surface area contributed by atoms with E-state index in [1.807, 2.05) is 39.0 Å². The van der Waals surface area contributed by atoms with Crippen molar-refractivity contribution in [2.24, 2.45) is 0 Å². The van der Waals surface area contributed by atoms with Gasteiger partial charge >= 0.3 is 6.09 Å². The summed E-state index contributed by atoms with van der Waals surface area (Å²) < 4.78 is 16.2. The van der Waals surface area contributed by atoms with Gasteiger partial charge in [-0.25, -0.2) is 4.79 Å². The van der Waals surface area contributed by atoms with Crippen molar-refractivity contribution >= 4 is 35.2 Å². The third kappa shape index (κ3) is 9.37. The molecule has 13 heteroatoms. The van der Waals surface area contributed by atoms with Crippen LogP contribution in [-0.2, 0) is 37.0 Å². The van der Waals surface area contributed by atoms with Crippen LogP contribution in [-0.4, -0.2) is 110 Å². The number of benzene rings is 3. The molecule has 2 aliphatic heterocycles. The van der Waals surface area contributed by atoms with Crippen molar-refractivity contribution in [3.8, 4) is 0 Å². The highest BCUT2D eigenvalue weighted by atomic mass is 16.5. The Morgan fingerprint density at radius 1 is 0.780 bits per heavy atom. The second-order valence-electron chi connectivity index (χ2n) is 12.7. The number of nitrogens with two attached hydrogens (primary N) is 1. The van der Waals surface area contributed by atoms with Crippen molar-refractivity contribution in [3.05, 3.63) is 95.1 Å². The molecule has 4 N–H and O–H groups in total. The summed E-state index contributed by atoms with van der Waals surface area (Å²) in [7, 11) is 0. The Kier molecular flexibility index (Phi) is 11.6. The summed E-state index contributed by atoms with van der Waals surface area (Å²) >= 11 is 0. The highest BCUT2D eigenvalue weighted by Crippen LogP contribution is 2.44. The molecule has 3 aromatic rings. The summed E-state index contributed by atoms with van der Waals surface area (Å²) in [5.74, 6) is -0.0280. The van der Waals surface area contributed by atoms with Crippen molar-refractivity contribution in [3.63, 3.8) is 0 Å². The van der Waals surface area contributed by atoms with Gasteiger partial charge in [-0.3, -0.25) is 19.3 Å². The molecule has 1 aliphatic carbocycles. The van der Waals surface area contributed by atoms with Gasteiger partial charge in [0.1, 0.15) is 6.61 Å². The standard InChI is InChI=1S/C37H44N6O7/c38-31-3-1-2-4-32(31)40-36(46)29-11-5-26(6-12-29)22-39-37(47)50-25-27-7-9-28(10-8-27)30-21-33(30)43(23-34(44)41-13-17-48-18-14-41)24-35(45)42-15-19-49-20-16-42/h1-12,30,33H,13-25,38H2,(H,39,47)(H,40,46). The largest absolute Gasteiger partial charge is 0.445 e. The topological polar surface area (TPSA) is 156 Å². The third-order valence-electron chi connectivity index (χ3n) is 9.27. The van der Waals surface area contributed by atoms with Gasteiger partial charge in [0, 0.05) is 50.2 Å². The number of ether oxygens (including phenoxy) is 3. The number of nitrogens with one attached hydrogen (secondary N) is 2. The van der Waals surface area contributed by atoms with E-state index in [1.54, 1.807) is 48.5 Å². The molecular weight excluding hydrogens is 640 g/mol. The zero-order valence-corrected chi connectivity index (χ0v) is 28.1. The lowest BCUT2D eigenvalue weighted by Gasteiger charge is -2.32. The Balaban J connectivity index is 0.961. The minimum atomic E-state index is -0.553. The lowest BCUT2D eigenvalue weighted by atomic mass is 10.1. The molecule has 3 aliphatic rings. The summed E-state index contributed by atoms with van der Waals surface area (Å²) in [6, 6.07) is 22.0. The maximum absolute atomic E-state index is 13.2. The molecule has 0 spiro atoms. The van der Waals surface area contributed by atoms with E-state index >= 15 is 0 Å². The molecule has 3 fully saturated rings. The van der Waals surface area contributed by atoms with Crippen LogP contribution in [0.1, 0.15) is 39.4 Å². The smallest absolute Gasteiger partial charge is 0.407 e. The molecule has 2 heterocycles. The van der Waals surface area contributed by atoms with Crippen molar-refractivity contribution < 1.29 is 33.4 Å². The molecule has 2 unspecified atom stereocenters. The van der Waals surface area contributed by atoms with Gasteiger partial charge in [0.05, 0.1) is 50.9 Å². The molecule has 2 atom stereocenters. The number of alkyl carbamates (subject to hydrolysis) is 1. The van der Waals surface area contributed by atoms with Gasteiger partial charge in [-0.1, -0.05) is 48.5 Å². The Hall–Kier alpha value is -4.98. The number of morpholine rings is 2. The maximum atomic E-state index is 13.2. The van der Waals surface area contributed by atoms with Crippen LogP contribution >= 0.6 is 0 Å². The summed E-state index contributed by atoms with van der Waals surface area (Å²) in [5, 5.41) is 5.54. The first kappa shape index (κ1) is 34.9. The van der Waals surface area contributed by atoms with Crippen LogP contribution in [0, 0.1) is 0 Å². The van der Waals surface area contributed by atoms with Crippen molar-refractivity contribution in [1.29, 1.82) is 0 Å². The molecule has 50 heavy (non-hydrogen) atoms. The van der Waals surface area contributed by atoms with Gasteiger partial charge in [0.2, 0.25) is 11.8 Å². The summed E-state index contributed by atoms with van der Waals surface area (Å²) in [6.07, 6.45) is 0.307. The normalized spacial score (nSPS) is 18.7. The van der Waals surface area contributed by atoms with Crippen LogP contribution in [0.25, 0.3) is 0 Å². The lowest BCUT2D eigenvalue weighted by molar-refractivity contribution is -0.140. The average molecular weight is 685 g/mol.